The second-order valence-corrected chi connectivity index (χ2v) is 21.6. The maximum absolute atomic E-state index is 14.1. The minimum absolute atomic E-state index is 0.191. The Morgan fingerprint density at radius 2 is 0.759 bits per heavy atom. The highest BCUT2D eigenvalue weighted by atomic mass is 31.2. The largest absolute Gasteiger partial charge is 0.464 e. The fourth-order valence-corrected chi connectivity index (χ4v) is 11.1. The fourth-order valence-electron chi connectivity index (χ4n) is 5.72. The maximum Gasteiger partial charge on any atom is 0.350 e. The van der Waals surface area contributed by atoms with Gasteiger partial charge in [-0.25, -0.2) is 9.59 Å². The van der Waals surface area contributed by atoms with Crippen molar-refractivity contribution in [1.82, 2.24) is 10.1 Å². The average molecular weight is 817 g/mol. The number of esters is 2. The molecule has 54 heavy (non-hydrogen) atoms. The van der Waals surface area contributed by atoms with Crippen LogP contribution in [0.15, 0.2) is 0 Å². The molecule has 0 aliphatic rings. The molecule has 4 unspecified atom stereocenters. The number of carbonyl (C=O) groups excluding carboxylic acids is 2. The first kappa shape index (κ1) is 53.1. The van der Waals surface area contributed by atoms with Gasteiger partial charge in [0.15, 0.2) is 12.2 Å². The quantitative estimate of drug-likeness (QED) is 0.0372. The third kappa shape index (κ3) is 17.3. The molecule has 322 valence electrons. The monoisotopic (exact) mass is 817 g/mol. The number of hydroxylamine groups is 4. The van der Waals surface area contributed by atoms with Gasteiger partial charge in [0, 0.05) is 11.1 Å². The van der Waals surface area contributed by atoms with E-state index in [1.165, 1.54) is 0 Å². The van der Waals surface area contributed by atoms with Crippen molar-refractivity contribution in [2.24, 2.45) is 10.8 Å². The lowest BCUT2D eigenvalue weighted by Crippen LogP contribution is -2.55. The normalized spacial score (nSPS) is 16.0. The van der Waals surface area contributed by atoms with Gasteiger partial charge in [0.25, 0.3) is 0 Å². The smallest absolute Gasteiger partial charge is 0.350 e. The molecule has 0 heterocycles. The highest BCUT2D eigenvalue weighted by Crippen LogP contribution is 2.62. The zero-order valence-electron chi connectivity index (χ0n) is 37.1. The summed E-state index contributed by atoms with van der Waals surface area (Å²) in [6.07, 6.45) is 0.747. The summed E-state index contributed by atoms with van der Waals surface area (Å²) in [6, 6.07) is 0. The molecule has 0 aliphatic heterocycles. The van der Waals surface area contributed by atoms with Gasteiger partial charge in [0.05, 0.1) is 39.6 Å². The average Bonchev–Trinajstić information content (AvgIpc) is 2.99. The summed E-state index contributed by atoms with van der Waals surface area (Å²) in [5, 5.41) is 3.14. The Kier molecular flexibility index (Phi) is 22.5. The Balaban J connectivity index is 5.23. The number of hydrogen-bond donors (Lipinski definition) is 0. The van der Waals surface area contributed by atoms with Crippen molar-refractivity contribution in [3.63, 3.8) is 0 Å². The molecule has 0 bridgehead atoms. The van der Waals surface area contributed by atoms with Gasteiger partial charge in [-0.3, -0.25) is 18.8 Å². The third-order valence-electron chi connectivity index (χ3n) is 7.89. The lowest BCUT2D eigenvalue weighted by atomic mass is 9.94. The van der Waals surface area contributed by atoms with E-state index < -0.39 is 72.8 Å². The highest BCUT2D eigenvalue weighted by Gasteiger charge is 2.53. The minimum Gasteiger partial charge on any atom is -0.464 e. The Morgan fingerprint density at radius 3 is 0.963 bits per heavy atom. The molecule has 0 rings (SSSR count). The molecule has 0 fully saturated rings. The van der Waals surface area contributed by atoms with Crippen molar-refractivity contribution in [3.8, 4) is 0 Å². The van der Waals surface area contributed by atoms with Crippen LogP contribution < -0.4 is 0 Å². The van der Waals surface area contributed by atoms with E-state index in [1.807, 2.05) is 83.1 Å². The van der Waals surface area contributed by atoms with Crippen LogP contribution in [0.25, 0.3) is 0 Å². The first-order chi connectivity index (χ1) is 24.6. The molecule has 0 aromatic carbocycles. The van der Waals surface area contributed by atoms with Crippen molar-refractivity contribution >= 4 is 27.1 Å². The van der Waals surface area contributed by atoms with E-state index >= 15 is 0 Å². The molecule has 4 atom stereocenters. The zero-order valence-corrected chi connectivity index (χ0v) is 38.9. The summed E-state index contributed by atoms with van der Waals surface area (Å²) in [5.74, 6) is -2.69. The Bertz CT molecular complexity index is 1090. The van der Waals surface area contributed by atoms with E-state index in [0.717, 1.165) is 12.8 Å². The Morgan fingerprint density at radius 1 is 0.500 bits per heavy atom. The van der Waals surface area contributed by atoms with E-state index in [2.05, 4.69) is 0 Å². The third-order valence-corrected chi connectivity index (χ3v) is 13.5. The van der Waals surface area contributed by atoms with Gasteiger partial charge in [-0.15, -0.1) is 0 Å². The number of carbonyl (C=O) groups is 2. The van der Waals surface area contributed by atoms with Crippen LogP contribution in [0.5, 0.6) is 0 Å². The zero-order chi connectivity index (χ0) is 42.3. The topological polar surface area (TPSA) is 149 Å². The number of unbranched alkanes of at least 4 members (excludes halogenated alkanes) is 3. The van der Waals surface area contributed by atoms with Gasteiger partial charge in [0.1, 0.15) is 11.6 Å². The Labute approximate surface area is 328 Å². The summed E-state index contributed by atoms with van der Waals surface area (Å²) < 4.78 is 62.1. The van der Waals surface area contributed by atoms with Gasteiger partial charge in [-0.1, -0.05) is 41.5 Å². The standard InChI is InChI=1S/C38H78N2O12P2/c1-19-47-53(43,48-20-2)33(35(7,8)9)39(37(13,14)15)51-29(5)31(41)45-27-25-23-24-26-28-46-32(42)30(6)52-40(38(16,17)18)34(36(10,11)12)54(44,49-21-3)50-22-4/h29-30,33-34H,19-28H2,1-18H3. The summed E-state index contributed by atoms with van der Waals surface area (Å²) in [5.41, 5.74) is -2.53. The molecule has 0 saturated heterocycles. The molecular weight excluding hydrogens is 738 g/mol. The summed E-state index contributed by atoms with van der Waals surface area (Å²) in [7, 11) is -7.38. The lowest BCUT2D eigenvalue weighted by molar-refractivity contribution is -0.263. The fraction of sp³-hybridized carbons (Fsp3) is 0.947. The molecule has 0 N–H and O–H groups in total. The number of nitrogens with zero attached hydrogens (tertiary/aromatic N) is 2. The molecular formula is C38H78N2O12P2. The van der Waals surface area contributed by atoms with Gasteiger partial charge in [0.2, 0.25) is 0 Å². The summed E-state index contributed by atoms with van der Waals surface area (Å²) >= 11 is 0. The minimum atomic E-state index is -3.69. The number of rotatable bonds is 25. The van der Waals surface area contributed by atoms with Crippen LogP contribution in [-0.2, 0) is 56.0 Å². The van der Waals surface area contributed by atoms with Crippen LogP contribution in [0.4, 0.5) is 0 Å². The SMILES string of the molecule is CCOP(=O)(OCC)C(N(OC(C)C(=O)OCCCCCCOC(=O)C(C)ON(C(C(C)(C)C)P(=O)(OCC)OCC)C(C)(C)C)C(C)(C)C)C(C)(C)C. The first-order valence-corrected chi connectivity index (χ1v) is 22.8. The molecule has 0 aliphatic carbocycles. The first-order valence-electron chi connectivity index (χ1n) is 19.6. The van der Waals surface area contributed by atoms with E-state index in [4.69, 9.17) is 37.2 Å². The maximum atomic E-state index is 14.1. The summed E-state index contributed by atoms with van der Waals surface area (Å²) in [4.78, 5) is 38.4. The molecule has 14 nitrogen and oxygen atoms in total. The van der Waals surface area contributed by atoms with E-state index in [9.17, 15) is 18.7 Å². The highest BCUT2D eigenvalue weighted by molar-refractivity contribution is 7.55. The van der Waals surface area contributed by atoms with Gasteiger partial charge in [-0.2, -0.15) is 10.1 Å². The number of hydrogen-bond acceptors (Lipinski definition) is 14. The molecule has 0 aromatic heterocycles. The molecule has 16 heteroatoms. The van der Waals surface area contributed by atoms with Crippen LogP contribution in [0.1, 0.15) is 150 Å². The molecule has 0 aromatic rings. The second kappa shape index (κ2) is 22.9. The van der Waals surface area contributed by atoms with Gasteiger partial charge >= 0.3 is 27.1 Å². The van der Waals surface area contributed by atoms with Crippen LogP contribution >= 0.6 is 15.2 Å². The molecule has 0 spiro atoms. The molecule has 0 amide bonds. The van der Waals surface area contributed by atoms with Crippen LogP contribution in [0.2, 0.25) is 0 Å². The summed E-state index contributed by atoms with van der Waals surface area (Å²) in [6.45, 7) is 34.4. The van der Waals surface area contributed by atoms with E-state index in [-0.39, 0.29) is 39.6 Å². The van der Waals surface area contributed by atoms with Crippen LogP contribution in [0, 0.1) is 10.8 Å². The molecule has 0 radical (unpaired) electrons. The lowest BCUT2D eigenvalue weighted by Gasteiger charge is -2.47. The van der Waals surface area contributed by atoms with Gasteiger partial charge in [-0.05, 0) is 120 Å². The van der Waals surface area contributed by atoms with E-state index in [1.54, 1.807) is 51.7 Å². The molecule has 0 saturated carbocycles. The van der Waals surface area contributed by atoms with Crippen molar-refractivity contribution in [2.45, 2.75) is 185 Å². The van der Waals surface area contributed by atoms with Crippen molar-refractivity contribution in [2.75, 3.05) is 39.6 Å². The van der Waals surface area contributed by atoms with Crippen LogP contribution in [0.3, 0.4) is 0 Å². The predicted molar refractivity (Wildman–Crippen MR) is 213 cm³/mol. The van der Waals surface area contributed by atoms with Gasteiger partial charge < -0.3 is 27.6 Å². The van der Waals surface area contributed by atoms with Crippen molar-refractivity contribution in [3.05, 3.63) is 0 Å². The van der Waals surface area contributed by atoms with Crippen molar-refractivity contribution in [1.29, 1.82) is 0 Å². The van der Waals surface area contributed by atoms with E-state index in [0.29, 0.717) is 12.8 Å². The van der Waals surface area contributed by atoms with Crippen LogP contribution in [-0.4, -0.2) is 96.6 Å². The number of ether oxygens (including phenoxy) is 2. The second-order valence-electron chi connectivity index (χ2n) is 17.5. The predicted octanol–water partition coefficient (Wildman–Crippen LogP) is 9.75. The van der Waals surface area contributed by atoms with Crippen molar-refractivity contribution < 1.29 is 56.0 Å². The Hall–Kier alpha value is -0.920.